The van der Waals surface area contributed by atoms with Gasteiger partial charge in [0.05, 0.1) is 5.69 Å². The van der Waals surface area contributed by atoms with E-state index in [1.807, 2.05) is 66.4 Å². The van der Waals surface area contributed by atoms with Crippen LogP contribution in [0.5, 0.6) is 11.5 Å². The third-order valence-corrected chi connectivity index (χ3v) is 3.44. The van der Waals surface area contributed by atoms with Gasteiger partial charge in [-0.3, -0.25) is 0 Å². The van der Waals surface area contributed by atoms with Crippen LogP contribution >= 0.6 is 0 Å². The van der Waals surface area contributed by atoms with Crippen molar-refractivity contribution < 1.29 is 14.6 Å². The van der Waals surface area contributed by atoms with Crippen LogP contribution in [-0.2, 0) is 4.79 Å². The van der Waals surface area contributed by atoms with Crippen LogP contribution in [0.4, 0.5) is 5.69 Å². The summed E-state index contributed by atoms with van der Waals surface area (Å²) in [5, 5.41) is 9.34. The first-order valence-electron chi connectivity index (χ1n) is 7.45. The molecule has 2 rings (SSSR count). The maximum absolute atomic E-state index is 11.4. The van der Waals surface area contributed by atoms with Crippen LogP contribution in [0.1, 0.15) is 20.3 Å². The van der Waals surface area contributed by atoms with Gasteiger partial charge in [0, 0.05) is 6.54 Å². The summed E-state index contributed by atoms with van der Waals surface area (Å²) in [5.74, 6) is 0.549. The topological polar surface area (TPSA) is 49.8 Å². The number of nitrogens with zero attached hydrogens (tertiary/aromatic N) is 1. The van der Waals surface area contributed by atoms with Gasteiger partial charge < -0.3 is 14.7 Å². The number of rotatable bonds is 7. The second kappa shape index (κ2) is 7.50. The minimum Gasteiger partial charge on any atom is -0.480 e. The first-order valence-corrected chi connectivity index (χ1v) is 7.45. The monoisotopic (exact) mass is 299 g/mol. The first kappa shape index (κ1) is 15.9. The summed E-state index contributed by atoms with van der Waals surface area (Å²) in [7, 11) is 0. The summed E-state index contributed by atoms with van der Waals surface area (Å²) in [6, 6.07) is 16.4. The largest absolute Gasteiger partial charge is 0.480 e. The third-order valence-electron chi connectivity index (χ3n) is 3.44. The molecule has 2 aromatic carbocycles. The fourth-order valence-electron chi connectivity index (χ4n) is 2.29. The standard InChI is InChI=1S/C18H21NO3/c1-3-13-19(14(2)18(20)21)16-11-7-8-12-17(16)22-15-9-5-4-6-10-15/h4-12,14H,3,13H2,1-2H3,(H,20,21)/t14-/m0/s1. The van der Waals surface area contributed by atoms with Gasteiger partial charge in [-0.1, -0.05) is 37.3 Å². The molecule has 1 atom stereocenters. The molecule has 22 heavy (non-hydrogen) atoms. The van der Waals surface area contributed by atoms with Gasteiger partial charge in [0.15, 0.2) is 5.75 Å². The maximum atomic E-state index is 11.4. The lowest BCUT2D eigenvalue weighted by molar-refractivity contribution is -0.138. The van der Waals surface area contributed by atoms with Crippen molar-refractivity contribution >= 4 is 11.7 Å². The summed E-state index contributed by atoms with van der Waals surface area (Å²) in [6.07, 6.45) is 0.858. The van der Waals surface area contributed by atoms with Crippen LogP contribution < -0.4 is 9.64 Å². The number of anilines is 1. The van der Waals surface area contributed by atoms with Gasteiger partial charge in [-0.05, 0) is 37.6 Å². The van der Waals surface area contributed by atoms with Gasteiger partial charge in [-0.15, -0.1) is 0 Å². The number of carboxylic acid groups (broad SMARTS) is 1. The van der Waals surface area contributed by atoms with Crippen LogP contribution in [0.15, 0.2) is 54.6 Å². The molecule has 0 heterocycles. The zero-order valence-corrected chi connectivity index (χ0v) is 12.9. The van der Waals surface area contributed by atoms with Gasteiger partial charge in [0.2, 0.25) is 0 Å². The molecule has 0 aromatic heterocycles. The van der Waals surface area contributed by atoms with E-state index in [-0.39, 0.29) is 0 Å². The Kier molecular flexibility index (Phi) is 5.42. The molecule has 0 aliphatic rings. The molecule has 0 saturated carbocycles. The van der Waals surface area contributed by atoms with Gasteiger partial charge in [0.1, 0.15) is 11.8 Å². The quantitative estimate of drug-likeness (QED) is 0.833. The molecule has 0 spiro atoms. The van der Waals surface area contributed by atoms with E-state index in [0.29, 0.717) is 12.3 Å². The maximum Gasteiger partial charge on any atom is 0.326 e. The third kappa shape index (κ3) is 3.79. The molecular formula is C18H21NO3. The van der Waals surface area contributed by atoms with E-state index in [4.69, 9.17) is 4.74 Å². The summed E-state index contributed by atoms with van der Waals surface area (Å²) in [5.41, 5.74) is 0.795. The predicted octanol–water partition coefficient (Wildman–Crippen LogP) is 4.17. The van der Waals surface area contributed by atoms with Crippen LogP contribution in [0.3, 0.4) is 0 Å². The van der Waals surface area contributed by atoms with Crippen molar-refractivity contribution in [2.45, 2.75) is 26.3 Å². The average Bonchev–Trinajstić information content (AvgIpc) is 2.54. The zero-order chi connectivity index (χ0) is 15.9. The van der Waals surface area contributed by atoms with E-state index >= 15 is 0 Å². The van der Waals surface area contributed by atoms with Crippen molar-refractivity contribution in [1.29, 1.82) is 0 Å². The number of para-hydroxylation sites is 3. The number of hydrogen-bond donors (Lipinski definition) is 1. The first-order chi connectivity index (χ1) is 10.6. The van der Waals surface area contributed by atoms with E-state index in [1.165, 1.54) is 0 Å². The van der Waals surface area contributed by atoms with Crippen LogP contribution in [-0.4, -0.2) is 23.7 Å². The summed E-state index contributed by atoms with van der Waals surface area (Å²) < 4.78 is 5.93. The van der Waals surface area contributed by atoms with E-state index < -0.39 is 12.0 Å². The number of hydrogen-bond acceptors (Lipinski definition) is 3. The highest BCUT2D eigenvalue weighted by atomic mass is 16.5. The van der Waals surface area contributed by atoms with Crippen LogP contribution in [0.25, 0.3) is 0 Å². The van der Waals surface area contributed by atoms with Gasteiger partial charge >= 0.3 is 5.97 Å². The Morgan fingerprint density at radius 3 is 2.41 bits per heavy atom. The summed E-state index contributed by atoms with van der Waals surface area (Å²) in [4.78, 5) is 13.2. The number of ether oxygens (including phenoxy) is 1. The lowest BCUT2D eigenvalue weighted by Crippen LogP contribution is -2.39. The van der Waals surface area contributed by atoms with Crippen molar-refractivity contribution in [1.82, 2.24) is 0 Å². The Bertz CT molecular complexity index is 613. The van der Waals surface area contributed by atoms with E-state index in [0.717, 1.165) is 17.9 Å². The minimum absolute atomic E-state index is 0.611. The number of aliphatic carboxylic acids is 1. The summed E-state index contributed by atoms with van der Waals surface area (Å²) in [6.45, 7) is 4.38. The van der Waals surface area contributed by atoms with Crippen molar-refractivity contribution in [2.24, 2.45) is 0 Å². The van der Waals surface area contributed by atoms with Crippen LogP contribution in [0, 0.1) is 0 Å². The molecule has 0 bridgehead atoms. The Hall–Kier alpha value is -2.49. The van der Waals surface area contributed by atoms with Crippen molar-refractivity contribution in [2.75, 3.05) is 11.4 Å². The Morgan fingerprint density at radius 2 is 1.77 bits per heavy atom. The smallest absolute Gasteiger partial charge is 0.326 e. The Balaban J connectivity index is 2.34. The van der Waals surface area contributed by atoms with Crippen molar-refractivity contribution in [3.05, 3.63) is 54.6 Å². The second-order valence-electron chi connectivity index (χ2n) is 5.09. The molecule has 1 N–H and O–H groups in total. The SMILES string of the molecule is CCCN(c1ccccc1Oc1ccccc1)[C@@H](C)C(=O)O. The lowest BCUT2D eigenvalue weighted by Gasteiger charge is -2.29. The molecule has 4 nitrogen and oxygen atoms in total. The highest BCUT2D eigenvalue weighted by Gasteiger charge is 2.23. The molecule has 0 amide bonds. The molecule has 0 aliphatic heterocycles. The van der Waals surface area contributed by atoms with Gasteiger partial charge in [-0.2, -0.15) is 0 Å². The van der Waals surface area contributed by atoms with Gasteiger partial charge in [0.25, 0.3) is 0 Å². The molecular weight excluding hydrogens is 278 g/mol. The zero-order valence-electron chi connectivity index (χ0n) is 12.9. The minimum atomic E-state index is -0.844. The average molecular weight is 299 g/mol. The van der Waals surface area contributed by atoms with Crippen molar-refractivity contribution in [3.63, 3.8) is 0 Å². The fourth-order valence-corrected chi connectivity index (χ4v) is 2.29. The molecule has 0 unspecified atom stereocenters. The lowest BCUT2D eigenvalue weighted by atomic mass is 10.2. The predicted molar refractivity (Wildman–Crippen MR) is 87.7 cm³/mol. The molecule has 0 fully saturated rings. The van der Waals surface area contributed by atoms with E-state index in [2.05, 4.69) is 0 Å². The van der Waals surface area contributed by atoms with E-state index in [1.54, 1.807) is 6.92 Å². The van der Waals surface area contributed by atoms with Crippen LogP contribution in [0.2, 0.25) is 0 Å². The molecule has 2 aromatic rings. The fraction of sp³-hybridized carbons (Fsp3) is 0.278. The second-order valence-corrected chi connectivity index (χ2v) is 5.09. The molecule has 116 valence electrons. The highest BCUT2D eigenvalue weighted by Crippen LogP contribution is 2.33. The Morgan fingerprint density at radius 1 is 1.14 bits per heavy atom. The summed E-state index contributed by atoms with van der Waals surface area (Å²) >= 11 is 0. The number of benzene rings is 2. The molecule has 0 radical (unpaired) electrons. The number of carboxylic acids is 1. The van der Waals surface area contributed by atoms with Gasteiger partial charge in [-0.25, -0.2) is 4.79 Å². The normalized spacial score (nSPS) is 11.7. The number of carbonyl (C=O) groups is 1. The Labute approximate surface area is 131 Å². The molecule has 4 heteroatoms. The molecule has 0 aliphatic carbocycles. The van der Waals surface area contributed by atoms with E-state index in [9.17, 15) is 9.90 Å². The molecule has 0 saturated heterocycles. The highest BCUT2D eigenvalue weighted by molar-refractivity contribution is 5.79. The van der Waals surface area contributed by atoms with Crippen molar-refractivity contribution in [3.8, 4) is 11.5 Å².